The van der Waals surface area contributed by atoms with Crippen LogP contribution in [0.2, 0.25) is 0 Å². The lowest BCUT2D eigenvalue weighted by Gasteiger charge is -2.04. The first-order chi connectivity index (χ1) is 5.27. The summed E-state index contributed by atoms with van der Waals surface area (Å²) in [7, 11) is 0. The van der Waals surface area contributed by atoms with Crippen LogP contribution in [0.25, 0.3) is 0 Å². The summed E-state index contributed by atoms with van der Waals surface area (Å²) >= 11 is 0. The number of rotatable bonds is 7. The molecule has 3 heteroatoms. The Balaban J connectivity index is 2.85. The van der Waals surface area contributed by atoms with Gasteiger partial charge in [-0.25, -0.2) is 0 Å². The highest BCUT2D eigenvalue weighted by atomic mass is 16.5. The highest BCUT2D eigenvalue weighted by molar-refractivity contribution is 4.72. The van der Waals surface area contributed by atoms with Crippen molar-refractivity contribution in [2.45, 2.75) is 13.3 Å². The highest BCUT2D eigenvalue weighted by Gasteiger charge is 1.88. The van der Waals surface area contributed by atoms with E-state index in [-0.39, 0.29) is 0 Å². The zero-order valence-corrected chi connectivity index (χ0v) is 7.14. The van der Waals surface area contributed by atoms with Gasteiger partial charge in [0.15, 0.2) is 0 Å². The van der Waals surface area contributed by atoms with E-state index in [1.54, 1.807) is 0 Å². The molecular formula is C8H17NO2. The van der Waals surface area contributed by atoms with Crippen LogP contribution in [-0.4, -0.2) is 26.4 Å². The summed E-state index contributed by atoms with van der Waals surface area (Å²) < 4.78 is 10.2. The lowest BCUT2D eigenvalue weighted by atomic mass is 10.5. The van der Waals surface area contributed by atoms with Gasteiger partial charge in [0.1, 0.15) is 0 Å². The Labute approximate surface area is 68.2 Å². The number of ether oxygens (including phenoxy) is 2. The average Bonchev–Trinajstić information content (AvgIpc) is 1.96. The summed E-state index contributed by atoms with van der Waals surface area (Å²) in [5, 5.41) is 0. The van der Waals surface area contributed by atoms with Crippen LogP contribution in [0.1, 0.15) is 13.3 Å². The molecule has 0 atom stereocenters. The van der Waals surface area contributed by atoms with Crippen molar-refractivity contribution < 1.29 is 9.47 Å². The maximum Gasteiger partial charge on any atom is 0.0898 e. The third kappa shape index (κ3) is 9.46. The summed E-state index contributed by atoms with van der Waals surface area (Å²) in [6.45, 7) is 8.05. The van der Waals surface area contributed by atoms with Crippen LogP contribution in [0.5, 0.6) is 0 Å². The van der Waals surface area contributed by atoms with Crippen molar-refractivity contribution in [3.05, 3.63) is 12.3 Å². The van der Waals surface area contributed by atoms with Crippen molar-refractivity contribution in [1.29, 1.82) is 0 Å². The molecule has 0 saturated heterocycles. The van der Waals surface area contributed by atoms with Crippen LogP contribution in [0.4, 0.5) is 0 Å². The normalized spacial score (nSPS) is 9.64. The molecule has 3 nitrogen and oxygen atoms in total. The first-order valence-corrected chi connectivity index (χ1v) is 3.83. The molecule has 0 bridgehead atoms. The predicted octanol–water partition coefficient (Wildman–Crippen LogP) is 0.902. The van der Waals surface area contributed by atoms with Crippen molar-refractivity contribution >= 4 is 0 Å². The van der Waals surface area contributed by atoms with E-state index >= 15 is 0 Å². The van der Waals surface area contributed by atoms with E-state index in [0.717, 1.165) is 12.2 Å². The number of allylic oxidation sites excluding steroid dienone is 1. The highest BCUT2D eigenvalue weighted by Crippen LogP contribution is 1.92. The first kappa shape index (κ1) is 10.5. The van der Waals surface area contributed by atoms with Gasteiger partial charge >= 0.3 is 0 Å². The second-order valence-corrected chi connectivity index (χ2v) is 2.31. The lowest BCUT2D eigenvalue weighted by Crippen LogP contribution is -2.09. The van der Waals surface area contributed by atoms with Crippen LogP contribution < -0.4 is 5.73 Å². The minimum absolute atomic E-state index is 0.585. The topological polar surface area (TPSA) is 44.5 Å². The van der Waals surface area contributed by atoms with E-state index in [1.807, 2.05) is 6.92 Å². The van der Waals surface area contributed by atoms with Crippen LogP contribution in [0, 0.1) is 0 Å². The second-order valence-electron chi connectivity index (χ2n) is 2.31. The van der Waals surface area contributed by atoms with Gasteiger partial charge in [-0.2, -0.15) is 0 Å². The molecule has 0 saturated carbocycles. The van der Waals surface area contributed by atoms with Gasteiger partial charge in [-0.15, -0.1) is 0 Å². The van der Waals surface area contributed by atoms with E-state index < -0.39 is 0 Å². The molecule has 0 aromatic rings. The van der Waals surface area contributed by atoms with Crippen molar-refractivity contribution in [2.24, 2.45) is 5.73 Å². The lowest BCUT2D eigenvalue weighted by molar-refractivity contribution is 0.112. The Hall–Kier alpha value is -0.540. The van der Waals surface area contributed by atoms with E-state index in [1.165, 1.54) is 0 Å². The molecule has 0 rings (SSSR count). The van der Waals surface area contributed by atoms with Gasteiger partial charge in [0.25, 0.3) is 0 Å². The van der Waals surface area contributed by atoms with E-state index in [0.29, 0.717) is 26.4 Å². The zero-order chi connectivity index (χ0) is 8.53. The fourth-order valence-corrected chi connectivity index (χ4v) is 0.593. The van der Waals surface area contributed by atoms with Gasteiger partial charge in [0, 0.05) is 19.6 Å². The largest absolute Gasteiger partial charge is 0.499 e. The minimum Gasteiger partial charge on any atom is -0.499 e. The standard InChI is InChI=1S/C8H17NO2/c1-8(2)11-6-3-5-10-7-4-9/h1,3-7,9H2,2H3. The summed E-state index contributed by atoms with van der Waals surface area (Å²) in [6, 6.07) is 0. The fourth-order valence-electron chi connectivity index (χ4n) is 0.593. The molecule has 0 amide bonds. The number of nitrogens with two attached hydrogens (primary N) is 1. The SMILES string of the molecule is C=C(C)OCCCOCCN. The molecule has 0 fully saturated rings. The molecule has 0 aliphatic carbocycles. The molecule has 0 aromatic carbocycles. The van der Waals surface area contributed by atoms with Crippen molar-refractivity contribution in [1.82, 2.24) is 0 Å². The van der Waals surface area contributed by atoms with Gasteiger partial charge in [-0.1, -0.05) is 6.58 Å². The van der Waals surface area contributed by atoms with Crippen LogP contribution in [-0.2, 0) is 9.47 Å². The third-order valence-electron chi connectivity index (χ3n) is 1.04. The molecule has 0 aromatic heterocycles. The Morgan fingerprint density at radius 1 is 1.36 bits per heavy atom. The molecule has 0 unspecified atom stereocenters. The van der Waals surface area contributed by atoms with Crippen molar-refractivity contribution in [2.75, 3.05) is 26.4 Å². The van der Waals surface area contributed by atoms with Gasteiger partial charge < -0.3 is 15.2 Å². The second kappa shape index (κ2) is 7.57. The molecule has 0 aliphatic heterocycles. The van der Waals surface area contributed by atoms with E-state index in [2.05, 4.69) is 6.58 Å². The minimum atomic E-state index is 0.585. The van der Waals surface area contributed by atoms with Gasteiger partial charge in [-0.05, 0) is 6.92 Å². The van der Waals surface area contributed by atoms with Crippen molar-refractivity contribution in [3.8, 4) is 0 Å². The Morgan fingerprint density at radius 2 is 2.09 bits per heavy atom. The van der Waals surface area contributed by atoms with E-state index in [9.17, 15) is 0 Å². The maximum absolute atomic E-state index is 5.22. The maximum atomic E-state index is 5.22. The Morgan fingerprint density at radius 3 is 2.64 bits per heavy atom. The van der Waals surface area contributed by atoms with Crippen molar-refractivity contribution in [3.63, 3.8) is 0 Å². The van der Waals surface area contributed by atoms with E-state index in [4.69, 9.17) is 15.2 Å². The first-order valence-electron chi connectivity index (χ1n) is 3.83. The number of hydrogen-bond donors (Lipinski definition) is 1. The number of hydrogen-bond acceptors (Lipinski definition) is 3. The zero-order valence-electron chi connectivity index (χ0n) is 7.14. The van der Waals surface area contributed by atoms with Crippen LogP contribution >= 0.6 is 0 Å². The third-order valence-corrected chi connectivity index (χ3v) is 1.04. The van der Waals surface area contributed by atoms with Gasteiger partial charge in [0.2, 0.25) is 0 Å². The molecular weight excluding hydrogens is 142 g/mol. The van der Waals surface area contributed by atoms with Crippen LogP contribution in [0.3, 0.4) is 0 Å². The summed E-state index contributed by atoms with van der Waals surface area (Å²) in [5.74, 6) is 0.754. The van der Waals surface area contributed by atoms with Crippen LogP contribution in [0.15, 0.2) is 12.3 Å². The molecule has 0 heterocycles. The molecule has 0 radical (unpaired) electrons. The quantitative estimate of drug-likeness (QED) is 0.443. The average molecular weight is 159 g/mol. The molecule has 11 heavy (non-hydrogen) atoms. The Kier molecular flexibility index (Phi) is 7.19. The molecule has 0 aliphatic rings. The summed E-state index contributed by atoms with van der Waals surface area (Å²) in [5.41, 5.74) is 5.22. The molecule has 2 N–H and O–H groups in total. The van der Waals surface area contributed by atoms with Gasteiger partial charge in [0.05, 0.1) is 19.0 Å². The molecule has 66 valence electrons. The predicted molar refractivity (Wildman–Crippen MR) is 45.3 cm³/mol. The summed E-state index contributed by atoms with van der Waals surface area (Å²) in [6.07, 6.45) is 0.896. The summed E-state index contributed by atoms with van der Waals surface area (Å²) in [4.78, 5) is 0. The van der Waals surface area contributed by atoms with Gasteiger partial charge in [-0.3, -0.25) is 0 Å². The Bertz CT molecular complexity index is 104. The molecule has 0 spiro atoms. The monoisotopic (exact) mass is 159 g/mol. The fraction of sp³-hybridized carbons (Fsp3) is 0.750. The smallest absolute Gasteiger partial charge is 0.0898 e.